The van der Waals surface area contributed by atoms with Crippen molar-refractivity contribution in [3.8, 4) is 0 Å². The topological polar surface area (TPSA) is 357 Å². The van der Waals surface area contributed by atoms with Crippen LogP contribution in [0.3, 0.4) is 0 Å². The Labute approximate surface area is 709 Å². The van der Waals surface area contributed by atoms with E-state index in [0.29, 0.717) is 78.0 Å². The molecule has 4 saturated carbocycles. The van der Waals surface area contributed by atoms with E-state index >= 15 is 0 Å². The lowest BCUT2D eigenvalue weighted by Crippen LogP contribution is -2.60. The number of ketones is 1. The molecule has 4 spiro atoms. The van der Waals surface area contributed by atoms with E-state index in [0.717, 1.165) is 76.4 Å². The van der Waals surface area contributed by atoms with Crippen molar-refractivity contribution < 1.29 is 81.7 Å². The molecule has 16 rings (SSSR count). The standard InChI is InChI=1S/C23H25F3N4OS.C22H22F2N4O3.C21H21F3N4O2.C21H21F3N4OS/c1-14-3-5-16(29-19(31)18-6-4-15(24)12-28-18)11-17(14)21(2)13-22(32-20(27)30-21)7-9-23(25,26)10-8-22;1-12(29)13-8-22(9-13)11-21(2,28-20(25)31-22)16-7-15(4-5-17(16)24)27-19(30)18-6-3-14(23)10-26-18;2*1-12-3-5-14(27-17(29)16-6-4-13(22)8-26-16)7-15(12)19(2)9-20(30-18(25)28-19)10-21(23,24)11-20/h3-6,11-12H,7-10,13H2,1-2H3,(H2,27,30)(H,29,31);3-7,10,13H,8-9,11H2,1-2H3,(H2,25,28)(H,27,30);2*3-8H,9-11H2,1-2H3,(H2,25,28)(H,27,29). The predicted octanol–water partition coefficient (Wildman–Crippen LogP) is 17.2. The SMILES string of the molecule is CC(=O)C1CC2(C1)CC(C)(c1cc(NC(=O)c3ccc(F)cn3)ccc1F)N=C(N)O2.Cc1ccc(NC(=O)c2ccc(F)cn2)cc1C1(C)CC2(CC(F)(F)C2)OC(N)=N1.Cc1ccc(NC(=O)c2ccc(F)cn2)cc1C1(C)CC2(CC(F)(F)C2)SC(N)=N1.Cc1ccc(NC(=O)c2ccc(F)cn2)cc1C1(C)CC2(CCC(F)(F)CC2)SC(N)=N1. The minimum absolute atomic E-state index is 0.0236. The fourth-order valence-electron chi connectivity index (χ4n) is 17.9. The summed E-state index contributed by atoms with van der Waals surface area (Å²) in [5.41, 5.74) is 26.4. The highest BCUT2D eigenvalue weighted by Gasteiger charge is 2.64. The van der Waals surface area contributed by atoms with Gasteiger partial charge in [0.05, 0.1) is 59.8 Å². The van der Waals surface area contributed by atoms with Crippen LogP contribution in [0.5, 0.6) is 0 Å². The highest BCUT2D eigenvalue weighted by molar-refractivity contribution is 8.15. The molecule has 23 nitrogen and oxygen atoms in total. The lowest BCUT2D eigenvalue weighted by atomic mass is 9.63. The second-order valence-electron chi connectivity index (χ2n) is 33.8. The summed E-state index contributed by atoms with van der Waals surface area (Å²) in [6.07, 6.45) is 5.68. The first-order valence-electron chi connectivity index (χ1n) is 39.2. The number of ether oxygens (including phenoxy) is 2. The molecule has 4 aliphatic carbocycles. The summed E-state index contributed by atoms with van der Waals surface area (Å²) in [5, 5.41) is 11.6. The number of nitrogens with zero attached hydrogens (tertiary/aromatic N) is 8. The molecule has 4 unspecified atom stereocenters. The van der Waals surface area contributed by atoms with Gasteiger partial charge in [0.2, 0.25) is 5.92 Å². The second kappa shape index (κ2) is 33.6. The third-order valence-electron chi connectivity index (χ3n) is 23.3. The zero-order chi connectivity index (χ0) is 89.0. The third-order valence-corrected chi connectivity index (χ3v) is 25.7. The number of anilines is 4. The molecule has 12 N–H and O–H groups in total. The highest BCUT2D eigenvalue weighted by atomic mass is 32.2. The molecular weight excluding hydrogens is 1650 g/mol. The van der Waals surface area contributed by atoms with Crippen molar-refractivity contribution in [2.75, 3.05) is 21.3 Å². The van der Waals surface area contributed by atoms with Gasteiger partial charge < -0.3 is 53.7 Å². The molecule has 0 saturated heterocycles. The van der Waals surface area contributed by atoms with Crippen LogP contribution in [0.15, 0.2) is 166 Å². The molecule has 4 aliphatic heterocycles. The van der Waals surface area contributed by atoms with Crippen LogP contribution in [-0.2, 0) is 36.4 Å². The average Bonchev–Trinajstić information content (AvgIpc) is 0.762. The first-order chi connectivity index (χ1) is 57.6. The van der Waals surface area contributed by atoms with E-state index in [1.807, 2.05) is 59.7 Å². The van der Waals surface area contributed by atoms with Gasteiger partial charge in [-0.05, 0) is 230 Å². The van der Waals surface area contributed by atoms with Gasteiger partial charge in [0.1, 0.15) is 68.8 Å². The number of hydrogen-bond acceptors (Lipinski definition) is 21. The summed E-state index contributed by atoms with van der Waals surface area (Å²) in [6.45, 7) is 14.7. The van der Waals surface area contributed by atoms with E-state index in [4.69, 9.17) is 37.4 Å². The van der Waals surface area contributed by atoms with E-state index < -0.39 is 121 Å². The van der Waals surface area contributed by atoms with Crippen molar-refractivity contribution in [3.05, 3.63) is 237 Å². The number of benzene rings is 4. The van der Waals surface area contributed by atoms with Crippen LogP contribution in [0.25, 0.3) is 0 Å². The summed E-state index contributed by atoms with van der Waals surface area (Å²) < 4.78 is 159. The van der Waals surface area contributed by atoms with Gasteiger partial charge >= 0.3 is 0 Å². The maximum absolute atomic E-state index is 14.8. The predicted molar refractivity (Wildman–Crippen MR) is 446 cm³/mol. The molecular formula is C87H89F11N16O7S2. The lowest BCUT2D eigenvalue weighted by molar-refractivity contribution is -0.210. The Kier molecular flexibility index (Phi) is 24.4. The van der Waals surface area contributed by atoms with Gasteiger partial charge in [-0.15, -0.1) is 0 Å². The molecule has 0 bridgehead atoms. The number of nitrogens with one attached hydrogen (secondary N) is 4. The van der Waals surface area contributed by atoms with Crippen LogP contribution in [0.4, 0.5) is 71.0 Å². The number of pyridine rings is 4. The number of alkyl halides is 6. The molecule has 36 heteroatoms. The van der Waals surface area contributed by atoms with Gasteiger partial charge in [0.25, 0.3) is 47.5 Å². The molecule has 4 amide bonds. The Morgan fingerprint density at radius 3 is 1.05 bits per heavy atom. The normalized spacial score (nSPS) is 24.0. The van der Waals surface area contributed by atoms with Crippen molar-refractivity contribution in [1.29, 1.82) is 0 Å². The van der Waals surface area contributed by atoms with E-state index in [1.54, 1.807) is 50.2 Å². The van der Waals surface area contributed by atoms with E-state index in [9.17, 15) is 72.3 Å². The van der Waals surface area contributed by atoms with Gasteiger partial charge in [0.15, 0.2) is 10.3 Å². The highest BCUT2D eigenvalue weighted by Crippen LogP contribution is 2.62. The molecule has 648 valence electrons. The molecule has 4 fully saturated rings. The Morgan fingerprint density at radius 1 is 0.382 bits per heavy atom. The number of rotatable bonds is 13. The summed E-state index contributed by atoms with van der Waals surface area (Å²) in [5.74, 6) is -12.7. The van der Waals surface area contributed by atoms with Crippen LogP contribution in [0.1, 0.15) is 205 Å². The van der Waals surface area contributed by atoms with Crippen LogP contribution < -0.4 is 44.2 Å². The molecule has 4 atom stereocenters. The molecule has 4 aromatic heterocycles. The number of hydrogen-bond donors (Lipinski definition) is 8. The third kappa shape index (κ3) is 20.4. The summed E-state index contributed by atoms with van der Waals surface area (Å²) >= 11 is 2.65. The number of Topliss-reactive ketones (excluding diaryl/α,β-unsaturated/α-hetero) is 1. The van der Waals surface area contributed by atoms with E-state index in [1.165, 1.54) is 72.1 Å². The van der Waals surface area contributed by atoms with Crippen LogP contribution in [0.2, 0.25) is 0 Å². The number of amides is 4. The van der Waals surface area contributed by atoms with Gasteiger partial charge in [-0.2, -0.15) is 0 Å². The zero-order valence-electron chi connectivity index (χ0n) is 68.1. The number of carbonyl (C=O) groups is 5. The molecule has 4 aromatic carbocycles. The lowest BCUT2D eigenvalue weighted by Gasteiger charge is -2.52. The average molecular weight is 1740 g/mol. The quantitative estimate of drug-likeness (QED) is 0.0497. The number of aromatic nitrogens is 4. The molecule has 8 heterocycles. The number of carbonyl (C=O) groups excluding carboxylic acids is 5. The Bertz CT molecular complexity index is 5400. The van der Waals surface area contributed by atoms with Crippen molar-refractivity contribution in [1.82, 2.24) is 19.9 Å². The van der Waals surface area contributed by atoms with E-state index in [-0.39, 0.29) is 88.9 Å². The van der Waals surface area contributed by atoms with Gasteiger partial charge in [-0.3, -0.25) is 34.0 Å². The maximum atomic E-state index is 14.8. The monoisotopic (exact) mass is 1740 g/mol. The molecule has 0 radical (unpaired) electrons. The minimum Gasteiger partial charge on any atom is -0.459 e. The Balaban J connectivity index is 0.000000141. The van der Waals surface area contributed by atoms with Crippen molar-refractivity contribution in [2.45, 2.75) is 206 Å². The first-order valence-corrected chi connectivity index (χ1v) is 40.9. The smallest absolute Gasteiger partial charge is 0.283 e. The summed E-state index contributed by atoms with van der Waals surface area (Å²) in [6, 6.07) is 29.8. The number of nitrogens with two attached hydrogens (primary N) is 4. The fourth-order valence-corrected chi connectivity index (χ4v) is 21.0. The number of aliphatic imine (C=N–C) groups is 4. The van der Waals surface area contributed by atoms with Crippen LogP contribution >= 0.6 is 23.5 Å². The first kappa shape index (κ1) is 89.2. The number of amidine groups is 4. The van der Waals surface area contributed by atoms with Crippen LogP contribution in [-0.4, -0.2) is 110 Å². The summed E-state index contributed by atoms with van der Waals surface area (Å²) in [4.78, 5) is 94.6. The minimum atomic E-state index is -2.77. The molecule has 8 aromatic rings. The summed E-state index contributed by atoms with van der Waals surface area (Å²) in [7, 11) is 0. The number of aryl methyl sites for hydroxylation is 3. The zero-order valence-corrected chi connectivity index (χ0v) is 69.7. The van der Waals surface area contributed by atoms with Crippen molar-refractivity contribution >= 4 is 98.1 Å². The Morgan fingerprint density at radius 2 is 0.699 bits per heavy atom. The fraction of sp³-hybridized carbons (Fsp3) is 0.391. The number of halogens is 11. The molecule has 123 heavy (non-hydrogen) atoms. The van der Waals surface area contributed by atoms with Gasteiger partial charge in [-0.25, -0.2) is 78.2 Å². The Hall–Kier alpha value is -11.6. The van der Waals surface area contributed by atoms with Crippen molar-refractivity contribution in [3.63, 3.8) is 0 Å². The van der Waals surface area contributed by atoms with Crippen molar-refractivity contribution in [2.24, 2.45) is 48.8 Å². The second-order valence-corrected chi connectivity index (χ2v) is 36.8. The van der Waals surface area contributed by atoms with Crippen LogP contribution in [0, 0.1) is 55.8 Å². The maximum Gasteiger partial charge on any atom is 0.283 e. The molecule has 8 aliphatic rings. The van der Waals surface area contributed by atoms with Gasteiger partial charge in [-0.1, -0.05) is 41.7 Å². The van der Waals surface area contributed by atoms with Gasteiger partial charge in [0, 0.05) is 82.2 Å². The van der Waals surface area contributed by atoms with E-state index in [2.05, 4.69) is 56.2 Å². The largest absolute Gasteiger partial charge is 0.459 e. The number of thioether (sulfide) groups is 2.